The van der Waals surface area contributed by atoms with Gasteiger partial charge in [-0.15, -0.1) is 0 Å². The monoisotopic (exact) mass is 382 g/mol. The standard InChI is InChI=1S/C21H26N4O3/c26-19(27)21-10-4-7-17(21)14-24(15-21)20(28)22-13-18-8-11-23-25(18)12-9-16-5-2-1-3-6-16/h1-3,5-6,8,11,17H,4,7,9-10,12-15H2,(H,22,28)(H,26,27)/t17-,21+/m0/s1. The number of carbonyl (C=O) groups excluding carboxylic acids is 1. The molecule has 2 aliphatic rings. The molecule has 1 saturated heterocycles. The molecule has 0 radical (unpaired) electrons. The normalized spacial score (nSPS) is 23.6. The maximum Gasteiger partial charge on any atom is 0.317 e. The minimum atomic E-state index is -0.760. The first kappa shape index (κ1) is 18.5. The zero-order valence-electron chi connectivity index (χ0n) is 15.9. The average molecular weight is 382 g/mol. The van der Waals surface area contributed by atoms with E-state index in [1.165, 1.54) is 5.56 Å². The van der Waals surface area contributed by atoms with Crippen molar-refractivity contribution in [1.29, 1.82) is 0 Å². The largest absolute Gasteiger partial charge is 0.481 e. The van der Waals surface area contributed by atoms with Crippen LogP contribution in [0.5, 0.6) is 0 Å². The lowest BCUT2D eigenvalue weighted by molar-refractivity contribution is -0.149. The smallest absolute Gasteiger partial charge is 0.317 e. The van der Waals surface area contributed by atoms with E-state index in [0.717, 1.165) is 31.5 Å². The Morgan fingerprint density at radius 2 is 2.07 bits per heavy atom. The SMILES string of the molecule is O=C(NCc1ccnn1CCc1ccccc1)N1C[C@@H]2CCC[C@@]2(C(=O)O)C1. The summed E-state index contributed by atoms with van der Waals surface area (Å²) in [6.07, 6.45) is 5.11. The van der Waals surface area contributed by atoms with E-state index in [2.05, 4.69) is 22.5 Å². The van der Waals surface area contributed by atoms with Crippen LogP contribution in [0.15, 0.2) is 42.6 Å². The van der Waals surface area contributed by atoms with Gasteiger partial charge in [0.05, 0.1) is 17.7 Å². The first-order valence-corrected chi connectivity index (χ1v) is 9.89. The maximum atomic E-state index is 12.6. The Bertz CT molecular complexity index is 850. The van der Waals surface area contributed by atoms with Crippen LogP contribution in [0.1, 0.15) is 30.5 Å². The Balaban J connectivity index is 1.32. The summed E-state index contributed by atoms with van der Waals surface area (Å²) in [5, 5.41) is 17.0. The Morgan fingerprint density at radius 1 is 1.25 bits per heavy atom. The third-order valence-corrected chi connectivity index (χ3v) is 6.26. The number of aryl methyl sites for hydroxylation is 2. The highest BCUT2D eigenvalue weighted by molar-refractivity contribution is 5.80. The maximum absolute atomic E-state index is 12.6. The van der Waals surface area contributed by atoms with E-state index < -0.39 is 11.4 Å². The predicted octanol–water partition coefficient (Wildman–Crippen LogP) is 2.52. The number of aliphatic carboxylic acids is 1. The van der Waals surface area contributed by atoms with Gasteiger partial charge < -0.3 is 15.3 Å². The van der Waals surface area contributed by atoms with Crippen molar-refractivity contribution in [1.82, 2.24) is 20.0 Å². The number of carboxylic acid groups (broad SMARTS) is 1. The zero-order chi connectivity index (χ0) is 19.6. The quantitative estimate of drug-likeness (QED) is 0.804. The van der Waals surface area contributed by atoms with E-state index in [1.807, 2.05) is 28.9 Å². The van der Waals surface area contributed by atoms with Gasteiger partial charge in [0, 0.05) is 25.8 Å². The lowest BCUT2D eigenvalue weighted by atomic mass is 9.81. The lowest BCUT2D eigenvalue weighted by Crippen LogP contribution is -2.41. The molecule has 1 aromatic carbocycles. The molecule has 1 aliphatic heterocycles. The molecule has 2 aromatic rings. The molecule has 2 heterocycles. The molecule has 2 amide bonds. The third-order valence-electron chi connectivity index (χ3n) is 6.26. The molecule has 148 valence electrons. The van der Waals surface area contributed by atoms with Crippen LogP contribution < -0.4 is 5.32 Å². The van der Waals surface area contributed by atoms with Crippen LogP contribution >= 0.6 is 0 Å². The summed E-state index contributed by atoms with van der Waals surface area (Å²) >= 11 is 0. The molecule has 7 nitrogen and oxygen atoms in total. The number of aromatic nitrogens is 2. The van der Waals surface area contributed by atoms with Crippen LogP contribution in [-0.2, 0) is 24.3 Å². The van der Waals surface area contributed by atoms with Crippen LogP contribution in [0.3, 0.4) is 0 Å². The molecule has 1 aliphatic carbocycles. The second-order valence-electron chi connectivity index (χ2n) is 7.87. The fraction of sp³-hybridized carbons (Fsp3) is 0.476. The number of nitrogens with one attached hydrogen (secondary N) is 1. The number of amides is 2. The number of rotatable bonds is 6. The summed E-state index contributed by atoms with van der Waals surface area (Å²) < 4.78 is 1.91. The summed E-state index contributed by atoms with van der Waals surface area (Å²) in [6, 6.07) is 11.9. The number of urea groups is 1. The topological polar surface area (TPSA) is 87.5 Å². The van der Waals surface area contributed by atoms with E-state index in [9.17, 15) is 14.7 Å². The minimum Gasteiger partial charge on any atom is -0.481 e. The molecule has 2 atom stereocenters. The molecule has 1 saturated carbocycles. The third kappa shape index (κ3) is 3.48. The van der Waals surface area contributed by atoms with Crippen LogP contribution in [0.4, 0.5) is 4.79 Å². The van der Waals surface area contributed by atoms with Gasteiger partial charge in [-0.05, 0) is 36.8 Å². The molecule has 28 heavy (non-hydrogen) atoms. The van der Waals surface area contributed by atoms with Gasteiger partial charge in [-0.2, -0.15) is 5.10 Å². The van der Waals surface area contributed by atoms with Gasteiger partial charge >= 0.3 is 12.0 Å². The summed E-state index contributed by atoms with van der Waals surface area (Å²) in [4.78, 5) is 26.1. The van der Waals surface area contributed by atoms with Gasteiger partial charge in [0.15, 0.2) is 0 Å². The highest BCUT2D eigenvalue weighted by Gasteiger charge is 2.55. The van der Waals surface area contributed by atoms with Crippen molar-refractivity contribution in [2.75, 3.05) is 13.1 Å². The number of carbonyl (C=O) groups is 2. The highest BCUT2D eigenvalue weighted by atomic mass is 16.4. The first-order valence-electron chi connectivity index (χ1n) is 9.89. The van der Waals surface area contributed by atoms with Crippen LogP contribution in [0.2, 0.25) is 0 Å². The molecule has 2 fully saturated rings. The second kappa shape index (κ2) is 7.66. The first-order chi connectivity index (χ1) is 13.6. The van der Waals surface area contributed by atoms with Gasteiger partial charge in [-0.3, -0.25) is 9.48 Å². The Kier molecular flexibility index (Phi) is 5.07. The number of benzene rings is 1. The predicted molar refractivity (Wildman–Crippen MR) is 104 cm³/mol. The summed E-state index contributed by atoms with van der Waals surface area (Å²) in [7, 11) is 0. The number of fused-ring (bicyclic) bond motifs is 1. The van der Waals surface area contributed by atoms with Gasteiger partial charge in [0.1, 0.15) is 0 Å². The molecular formula is C21H26N4O3. The van der Waals surface area contributed by atoms with Crippen molar-refractivity contribution in [3.63, 3.8) is 0 Å². The van der Waals surface area contributed by atoms with Crippen LogP contribution in [0, 0.1) is 11.3 Å². The van der Waals surface area contributed by atoms with E-state index in [0.29, 0.717) is 26.1 Å². The lowest BCUT2D eigenvalue weighted by Gasteiger charge is -2.23. The Morgan fingerprint density at radius 3 is 2.82 bits per heavy atom. The molecule has 2 N–H and O–H groups in total. The fourth-order valence-corrected chi connectivity index (χ4v) is 4.66. The second-order valence-corrected chi connectivity index (χ2v) is 7.87. The molecule has 0 spiro atoms. The summed E-state index contributed by atoms with van der Waals surface area (Å²) in [6.45, 7) is 1.97. The van der Waals surface area contributed by atoms with Gasteiger partial charge in [-0.25, -0.2) is 4.79 Å². The van der Waals surface area contributed by atoms with Crippen molar-refractivity contribution in [3.8, 4) is 0 Å². The van der Waals surface area contributed by atoms with E-state index in [1.54, 1.807) is 11.1 Å². The summed E-state index contributed by atoms with van der Waals surface area (Å²) in [5.74, 6) is -0.684. The van der Waals surface area contributed by atoms with Gasteiger partial charge in [0.25, 0.3) is 0 Å². The van der Waals surface area contributed by atoms with E-state index >= 15 is 0 Å². The van der Waals surface area contributed by atoms with Crippen molar-refractivity contribution in [3.05, 3.63) is 53.9 Å². The van der Waals surface area contributed by atoms with Gasteiger partial charge in [0.2, 0.25) is 0 Å². The van der Waals surface area contributed by atoms with Crippen molar-refractivity contribution < 1.29 is 14.7 Å². The molecule has 7 heteroatoms. The van der Waals surface area contributed by atoms with E-state index in [-0.39, 0.29) is 11.9 Å². The average Bonchev–Trinajstić information content (AvgIpc) is 3.39. The Labute approximate surface area is 164 Å². The zero-order valence-corrected chi connectivity index (χ0v) is 15.9. The van der Waals surface area contributed by atoms with Crippen LogP contribution in [0.25, 0.3) is 0 Å². The Hall–Kier alpha value is -2.83. The molecule has 0 unspecified atom stereocenters. The van der Waals surface area contributed by atoms with Crippen molar-refractivity contribution >= 4 is 12.0 Å². The summed E-state index contributed by atoms with van der Waals surface area (Å²) in [5.41, 5.74) is 1.45. The van der Waals surface area contributed by atoms with Crippen LogP contribution in [-0.4, -0.2) is 44.9 Å². The number of nitrogens with zero attached hydrogens (tertiary/aromatic N) is 3. The minimum absolute atomic E-state index is 0.0761. The fourth-order valence-electron chi connectivity index (χ4n) is 4.66. The molecular weight excluding hydrogens is 356 g/mol. The van der Waals surface area contributed by atoms with Gasteiger partial charge in [-0.1, -0.05) is 36.8 Å². The highest BCUT2D eigenvalue weighted by Crippen LogP contribution is 2.48. The number of likely N-dealkylation sites (tertiary alicyclic amines) is 1. The van der Waals surface area contributed by atoms with Crippen molar-refractivity contribution in [2.24, 2.45) is 11.3 Å². The number of carboxylic acids is 1. The van der Waals surface area contributed by atoms with E-state index in [4.69, 9.17) is 0 Å². The van der Waals surface area contributed by atoms with Crippen molar-refractivity contribution in [2.45, 2.75) is 38.8 Å². The molecule has 0 bridgehead atoms. The number of hydrogen-bond acceptors (Lipinski definition) is 3. The molecule has 4 rings (SSSR count). The number of hydrogen-bond donors (Lipinski definition) is 2. The molecule has 1 aromatic heterocycles.